The molecule has 2 aromatic carbocycles. The van der Waals surface area contributed by atoms with E-state index in [1.165, 1.54) is 15.3 Å². The third-order valence-electron chi connectivity index (χ3n) is 4.31. The smallest absolute Gasteiger partial charge is 0.268 e. The average Bonchev–Trinajstić information content (AvgIpc) is 2.72. The first kappa shape index (κ1) is 16.5. The zero-order chi connectivity index (χ0) is 18.8. The molecule has 27 heavy (non-hydrogen) atoms. The van der Waals surface area contributed by atoms with Crippen LogP contribution in [0.1, 0.15) is 11.1 Å². The van der Waals surface area contributed by atoms with Crippen LogP contribution in [0.15, 0.2) is 82.5 Å². The fourth-order valence-corrected chi connectivity index (χ4v) is 3.04. The molecule has 6 nitrogen and oxygen atoms in total. The lowest BCUT2D eigenvalue weighted by Gasteiger charge is -2.13. The molecular formula is C21H14N4O2. The predicted molar refractivity (Wildman–Crippen MR) is 102 cm³/mol. The summed E-state index contributed by atoms with van der Waals surface area (Å²) in [6.45, 7) is 0.154. The topological polar surface area (TPSA) is 80.7 Å². The third-order valence-corrected chi connectivity index (χ3v) is 4.31. The summed E-state index contributed by atoms with van der Waals surface area (Å²) in [4.78, 5) is 30.4. The molecule has 0 spiro atoms. The highest BCUT2D eigenvalue weighted by molar-refractivity contribution is 5.75. The van der Waals surface area contributed by atoms with Crippen LogP contribution in [0.5, 0.6) is 0 Å². The monoisotopic (exact) mass is 354 g/mol. The van der Waals surface area contributed by atoms with Gasteiger partial charge in [-0.05, 0) is 35.9 Å². The molecule has 0 saturated carbocycles. The lowest BCUT2D eigenvalue weighted by atomic mass is 10.2. The van der Waals surface area contributed by atoms with E-state index in [4.69, 9.17) is 0 Å². The molecule has 0 N–H and O–H groups in total. The van der Waals surface area contributed by atoms with Crippen LogP contribution in [0.4, 0.5) is 0 Å². The van der Waals surface area contributed by atoms with Crippen LogP contribution in [-0.2, 0) is 6.54 Å². The van der Waals surface area contributed by atoms with Crippen molar-refractivity contribution in [2.24, 2.45) is 0 Å². The van der Waals surface area contributed by atoms with Crippen LogP contribution in [-0.4, -0.2) is 14.1 Å². The molecule has 2 aromatic heterocycles. The van der Waals surface area contributed by atoms with Crippen molar-refractivity contribution in [2.45, 2.75) is 6.54 Å². The van der Waals surface area contributed by atoms with Crippen molar-refractivity contribution in [1.29, 1.82) is 5.26 Å². The van der Waals surface area contributed by atoms with E-state index in [-0.39, 0.29) is 17.8 Å². The van der Waals surface area contributed by atoms with E-state index in [0.29, 0.717) is 16.6 Å². The number of rotatable bonds is 3. The van der Waals surface area contributed by atoms with Crippen molar-refractivity contribution in [3.63, 3.8) is 0 Å². The van der Waals surface area contributed by atoms with Gasteiger partial charge in [-0.1, -0.05) is 36.4 Å². The largest absolute Gasteiger partial charge is 0.337 e. The summed E-state index contributed by atoms with van der Waals surface area (Å²) in [6, 6.07) is 21.4. The summed E-state index contributed by atoms with van der Waals surface area (Å²) in [5.74, 6) is 0. The number of nitriles is 1. The molecule has 0 aliphatic carbocycles. The van der Waals surface area contributed by atoms with Gasteiger partial charge in [0.2, 0.25) is 0 Å². The first-order valence-corrected chi connectivity index (χ1v) is 8.34. The zero-order valence-corrected chi connectivity index (χ0v) is 14.2. The minimum Gasteiger partial charge on any atom is -0.268 e. The highest BCUT2D eigenvalue weighted by Gasteiger charge is 2.15. The van der Waals surface area contributed by atoms with E-state index in [9.17, 15) is 14.9 Å². The maximum absolute atomic E-state index is 13.2. The Labute approximate surface area is 154 Å². The highest BCUT2D eigenvalue weighted by atomic mass is 16.2. The van der Waals surface area contributed by atoms with Gasteiger partial charge in [-0.15, -0.1) is 0 Å². The minimum atomic E-state index is -0.495. The molecular weight excluding hydrogens is 340 g/mol. The molecule has 2 heterocycles. The fourth-order valence-electron chi connectivity index (χ4n) is 3.04. The van der Waals surface area contributed by atoms with Crippen LogP contribution in [0.3, 0.4) is 0 Å². The first-order valence-electron chi connectivity index (χ1n) is 8.34. The van der Waals surface area contributed by atoms with Crippen LogP contribution >= 0.6 is 0 Å². The maximum atomic E-state index is 13.2. The lowest BCUT2D eigenvalue weighted by molar-refractivity contribution is 0.683. The second-order valence-electron chi connectivity index (χ2n) is 6.03. The molecule has 0 aliphatic rings. The number of hydrogen-bond donors (Lipinski definition) is 0. The van der Waals surface area contributed by atoms with Crippen molar-refractivity contribution in [1.82, 2.24) is 14.1 Å². The fraction of sp³-hybridized carbons (Fsp3) is 0.0476. The summed E-state index contributed by atoms with van der Waals surface area (Å²) < 4.78 is 2.57. The lowest BCUT2D eigenvalue weighted by Crippen LogP contribution is -2.40. The van der Waals surface area contributed by atoms with E-state index in [1.54, 1.807) is 36.4 Å². The van der Waals surface area contributed by atoms with Crippen molar-refractivity contribution < 1.29 is 0 Å². The minimum absolute atomic E-state index is 0.154. The van der Waals surface area contributed by atoms with Crippen molar-refractivity contribution in [3.8, 4) is 11.8 Å². The Morgan fingerprint density at radius 3 is 2.56 bits per heavy atom. The number of aromatic nitrogens is 3. The van der Waals surface area contributed by atoms with Crippen LogP contribution in [0, 0.1) is 11.3 Å². The Kier molecular flexibility index (Phi) is 4.11. The highest BCUT2D eigenvalue weighted by Crippen LogP contribution is 2.13. The van der Waals surface area contributed by atoms with Gasteiger partial charge in [0.05, 0.1) is 29.3 Å². The molecule has 0 atom stereocenters. The van der Waals surface area contributed by atoms with Crippen molar-refractivity contribution >= 4 is 11.0 Å². The molecule has 130 valence electrons. The summed E-state index contributed by atoms with van der Waals surface area (Å²) >= 11 is 0. The zero-order valence-electron chi connectivity index (χ0n) is 14.2. The molecule has 0 amide bonds. The second-order valence-corrected chi connectivity index (χ2v) is 6.03. The summed E-state index contributed by atoms with van der Waals surface area (Å²) in [6.07, 6.45) is 1.54. The van der Waals surface area contributed by atoms with Gasteiger partial charge in [-0.2, -0.15) is 5.26 Å². The number of hydrogen-bond acceptors (Lipinski definition) is 4. The van der Waals surface area contributed by atoms with Crippen molar-refractivity contribution in [2.75, 3.05) is 0 Å². The van der Waals surface area contributed by atoms with E-state index in [2.05, 4.69) is 11.1 Å². The van der Waals surface area contributed by atoms with Crippen LogP contribution < -0.4 is 11.2 Å². The Hall–Kier alpha value is -3.98. The molecule has 0 saturated heterocycles. The molecule has 0 aliphatic heterocycles. The molecule has 0 unspecified atom stereocenters. The third kappa shape index (κ3) is 2.92. The molecule has 4 rings (SSSR count). The van der Waals surface area contributed by atoms with E-state index >= 15 is 0 Å². The standard InChI is InChI=1S/C21H14N4O2/c22-13-16-8-4-9-17(12-16)25-19-18(10-5-11-23-19)20(26)24(21(25)27)14-15-6-2-1-3-7-15/h1-12H,14H2. The van der Waals surface area contributed by atoms with Crippen molar-refractivity contribution in [3.05, 3.63) is 105 Å². The molecule has 4 aromatic rings. The van der Waals surface area contributed by atoms with Gasteiger partial charge in [-0.3, -0.25) is 9.36 Å². The van der Waals surface area contributed by atoms with E-state index < -0.39 is 5.69 Å². The second kappa shape index (κ2) is 6.73. The number of fused-ring (bicyclic) bond motifs is 1. The van der Waals surface area contributed by atoms with Crippen LogP contribution in [0.25, 0.3) is 16.7 Å². The maximum Gasteiger partial charge on any atom is 0.337 e. The van der Waals surface area contributed by atoms with Gasteiger partial charge in [0.25, 0.3) is 5.56 Å². The normalized spacial score (nSPS) is 10.6. The van der Waals surface area contributed by atoms with E-state index in [0.717, 1.165) is 5.56 Å². The van der Waals surface area contributed by atoms with Gasteiger partial charge in [0.15, 0.2) is 5.65 Å². The molecule has 6 heteroatoms. The Balaban J connectivity index is 2.05. The molecule has 0 radical (unpaired) electrons. The number of benzene rings is 2. The Morgan fingerprint density at radius 1 is 0.963 bits per heavy atom. The summed E-state index contributed by atoms with van der Waals surface area (Å²) in [7, 11) is 0. The molecule has 0 fully saturated rings. The van der Waals surface area contributed by atoms with Crippen LogP contribution in [0.2, 0.25) is 0 Å². The summed E-state index contributed by atoms with van der Waals surface area (Å²) in [5, 5.41) is 9.52. The Morgan fingerprint density at radius 2 is 1.78 bits per heavy atom. The number of nitrogens with zero attached hydrogens (tertiary/aromatic N) is 4. The van der Waals surface area contributed by atoms with Gasteiger partial charge in [-0.25, -0.2) is 14.3 Å². The van der Waals surface area contributed by atoms with Gasteiger partial charge in [0.1, 0.15) is 0 Å². The number of pyridine rings is 1. The van der Waals surface area contributed by atoms with Gasteiger partial charge in [0, 0.05) is 6.20 Å². The Bertz CT molecular complexity index is 1300. The first-order chi connectivity index (χ1) is 13.2. The van der Waals surface area contributed by atoms with Gasteiger partial charge < -0.3 is 0 Å². The SMILES string of the molecule is N#Cc1cccc(-n2c(=O)n(Cc3ccccc3)c(=O)c3cccnc32)c1. The van der Waals surface area contributed by atoms with Gasteiger partial charge >= 0.3 is 5.69 Å². The predicted octanol–water partition coefficient (Wildman–Crippen LogP) is 2.47. The van der Waals surface area contributed by atoms with E-state index in [1.807, 2.05) is 30.3 Å². The quantitative estimate of drug-likeness (QED) is 0.566. The summed E-state index contributed by atoms with van der Waals surface area (Å²) in [5.41, 5.74) is 1.14. The molecule has 0 bridgehead atoms. The average molecular weight is 354 g/mol.